The van der Waals surface area contributed by atoms with E-state index in [-0.39, 0.29) is 5.92 Å². The van der Waals surface area contributed by atoms with Crippen molar-refractivity contribution in [1.29, 1.82) is 0 Å². The minimum absolute atomic E-state index is 0.116. The maximum absolute atomic E-state index is 11.7. The van der Waals surface area contributed by atoms with E-state index in [2.05, 4.69) is 56.3 Å². The first-order valence-corrected chi connectivity index (χ1v) is 9.59. The lowest BCUT2D eigenvalue weighted by Gasteiger charge is -2.37. The van der Waals surface area contributed by atoms with Crippen molar-refractivity contribution >= 4 is 6.08 Å². The molecule has 146 valence electrons. The van der Waals surface area contributed by atoms with E-state index in [0.29, 0.717) is 6.42 Å². The standard InChI is InChI=1S/C24H33NO2/c1-19(17-22-11-13-23(27-5)14-12-22)24(26,20(2)18-25(3)4)16-15-21-9-7-6-8-10-21/h6-14,17,20,26H,15-16,18H2,1-5H3/b19-17+. The lowest BCUT2D eigenvalue weighted by Crippen LogP contribution is -2.43. The smallest absolute Gasteiger partial charge is 0.118 e. The third-order valence-corrected chi connectivity index (χ3v) is 5.27. The van der Waals surface area contributed by atoms with Gasteiger partial charge in [0.2, 0.25) is 0 Å². The van der Waals surface area contributed by atoms with Crippen LogP contribution in [0.25, 0.3) is 6.08 Å². The van der Waals surface area contributed by atoms with Crippen LogP contribution in [-0.2, 0) is 6.42 Å². The Kier molecular flexibility index (Phi) is 7.64. The molecule has 1 N–H and O–H groups in total. The van der Waals surface area contributed by atoms with Gasteiger partial charge in [0.05, 0.1) is 12.7 Å². The lowest BCUT2D eigenvalue weighted by molar-refractivity contribution is 0.00732. The van der Waals surface area contributed by atoms with E-state index in [1.54, 1.807) is 7.11 Å². The van der Waals surface area contributed by atoms with Gasteiger partial charge in [0.1, 0.15) is 5.75 Å². The van der Waals surface area contributed by atoms with Crippen LogP contribution in [-0.4, -0.2) is 43.4 Å². The van der Waals surface area contributed by atoms with E-state index in [1.807, 2.05) is 37.3 Å². The largest absolute Gasteiger partial charge is 0.497 e. The maximum atomic E-state index is 11.7. The highest BCUT2D eigenvalue weighted by Gasteiger charge is 2.35. The van der Waals surface area contributed by atoms with Crippen LogP contribution < -0.4 is 4.74 Å². The number of methoxy groups -OCH3 is 1. The molecule has 0 aromatic heterocycles. The van der Waals surface area contributed by atoms with E-state index in [9.17, 15) is 5.11 Å². The Morgan fingerprint density at radius 1 is 1.11 bits per heavy atom. The molecule has 3 nitrogen and oxygen atoms in total. The summed E-state index contributed by atoms with van der Waals surface area (Å²) < 4.78 is 5.24. The highest BCUT2D eigenvalue weighted by Crippen LogP contribution is 2.33. The molecule has 2 atom stereocenters. The Morgan fingerprint density at radius 3 is 2.30 bits per heavy atom. The molecular weight excluding hydrogens is 334 g/mol. The second-order valence-corrected chi connectivity index (χ2v) is 7.67. The summed E-state index contributed by atoms with van der Waals surface area (Å²) in [5.74, 6) is 0.954. The van der Waals surface area contributed by atoms with Crippen LogP contribution in [0.4, 0.5) is 0 Å². The summed E-state index contributed by atoms with van der Waals surface area (Å²) in [6, 6.07) is 18.3. The van der Waals surface area contributed by atoms with Crippen molar-refractivity contribution in [3.63, 3.8) is 0 Å². The first-order valence-electron chi connectivity index (χ1n) is 9.59. The van der Waals surface area contributed by atoms with Crippen LogP contribution in [0.1, 0.15) is 31.4 Å². The summed E-state index contributed by atoms with van der Waals surface area (Å²) >= 11 is 0. The summed E-state index contributed by atoms with van der Waals surface area (Å²) in [5.41, 5.74) is 2.46. The normalized spacial score (nSPS) is 15.4. The van der Waals surface area contributed by atoms with E-state index < -0.39 is 5.60 Å². The number of rotatable bonds is 9. The van der Waals surface area contributed by atoms with Gasteiger partial charge >= 0.3 is 0 Å². The van der Waals surface area contributed by atoms with Gasteiger partial charge in [-0.3, -0.25) is 0 Å². The molecule has 0 aliphatic rings. The quantitative estimate of drug-likeness (QED) is 0.700. The predicted molar refractivity (Wildman–Crippen MR) is 114 cm³/mol. The SMILES string of the molecule is COc1ccc(/C=C(\C)C(O)(CCc2ccccc2)C(C)CN(C)C)cc1. The molecule has 0 spiro atoms. The summed E-state index contributed by atoms with van der Waals surface area (Å²) in [7, 11) is 5.77. The van der Waals surface area contributed by atoms with Gasteiger partial charge in [-0.1, -0.05) is 55.5 Å². The first-order chi connectivity index (χ1) is 12.8. The highest BCUT2D eigenvalue weighted by atomic mass is 16.5. The Morgan fingerprint density at radius 2 is 1.74 bits per heavy atom. The van der Waals surface area contributed by atoms with Crippen LogP contribution in [0, 0.1) is 5.92 Å². The maximum Gasteiger partial charge on any atom is 0.118 e. The van der Waals surface area contributed by atoms with Crippen molar-refractivity contribution in [3.8, 4) is 5.75 Å². The minimum atomic E-state index is -0.861. The molecule has 2 aromatic carbocycles. The van der Waals surface area contributed by atoms with Crippen molar-refractivity contribution in [2.75, 3.05) is 27.7 Å². The fourth-order valence-electron chi connectivity index (χ4n) is 3.59. The molecule has 0 aliphatic heterocycles. The molecule has 0 saturated carbocycles. The first kappa shape index (κ1) is 21.2. The molecule has 0 bridgehead atoms. The Balaban J connectivity index is 2.26. The molecule has 0 aliphatic carbocycles. The molecule has 0 amide bonds. The van der Waals surface area contributed by atoms with Gasteiger partial charge in [0.25, 0.3) is 0 Å². The van der Waals surface area contributed by atoms with Gasteiger partial charge in [-0.15, -0.1) is 0 Å². The number of nitrogens with zero attached hydrogens (tertiary/aromatic N) is 1. The van der Waals surface area contributed by atoms with Crippen molar-refractivity contribution in [2.24, 2.45) is 5.92 Å². The highest BCUT2D eigenvalue weighted by molar-refractivity contribution is 5.55. The van der Waals surface area contributed by atoms with Gasteiger partial charge in [-0.2, -0.15) is 0 Å². The molecule has 2 aromatic rings. The van der Waals surface area contributed by atoms with Crippen LogP contribution >= 0.6 is 0 Å². The number of hydrogen-bond acceptors (Lipinski definition) is 3. The van der Waals surface area contributed by atoms with E-state index in [4.69, 9.17) is 4.74 Å². The predicted octanol–water partition coefficient (Wildman–Crippen LogP) is 4.66. The third kappa shape index (κ3) is 5.95. The van der Waals surface area contributed by atoms with E-state index >= 15 is 0 Å². The number of ether oxygens (including phenoxy) is 1. The Bertz CT molecular complexity index is 722. The molecular formula is C24H33NO2. The average molecular weight is 368 g/mol. The average Bonchev–Trinajstić information content (AvgIpc) is 2.66. The third-order valence-electron chi connectivity index (χ3n) is 5.27. The fraction of sp³-hybridized carbons (Fsp3) is 0.417. The van der Waals surface area contributed by atoms with Gasteiger partial charge < -0.3 is 14.7 Å². The zero-order valence-electron chi connectivity index (χ0n) is 17.3. The second-order valence-electron chi connectivity index (χ2n) is 7.67. The monoisotopic (exact) mass is 367 g/mol. The summed E-state index contributed by atoms with van der Waals surface area (Å²) in [6.45, 7) is 5.01. The molecule has 27 heavy (non-hydrogen) atoms. The second kappa shape index (κ2) is 9.72. The molecule has 0 heterocycles. The van der Waals surface area contributed by atoms with Crippen LogP contribution in [0.5, 0.6) is 5.75 Å². The summed E-state index contributed by atoms with van der Waals surface area (Å²) in [6.07, 6.45) is 3.64. The Labute approximate surface area is 164 Å². The van der Waals surface area contributed by atoms with Gasteiger partial charge in [0, 0.05) is 12.5 Å². The van der Waals surface area contributed by atoms with Gasteiger partial charge in [0.15, 0.2) is 0 Å². The van der Waals surface area contributed by atoms with Crippen LogP contribution in [0.15, 0.2) is 60.2 Å². The fourth-order valence-corrected chi connectivity index (χ4v) is 3.59. The number of aryl methyl sites for hydroxylation is 1. The molecule has 0 saturated heterocycles. The van der Waals surface area contributed by atoms with Crippen molar-refractivity contribution in [1.82, 2.24) is 4.90 Å². The lowest BCUT2D eigenvalue weighted by atomic mass is 9.77. The topological polar surface area (TPSA) is 32.7 Å². The van der Waals surface area contributed by atoms with Crippen molar-refractivity contribution < 1.29 is 9.84 Å². The molecule has 2 unspecified atom stereocenters. The van der Waals surface area contributed by atoms with Crippen molar-refractivity contribution in [2.45, 2.75) is 32.3 Å². The van der Waals surface area contributed by atoms with Crippen LogP contribution in [0.3, 0.4) is 0 Å². The molecule has 2 rings (SSSR count). The zero-order chi connectivity index (χ0) is 19.9. The summed E-state index contributed by atoms with van der Waals surface area (Å²) in [4.78, 5) is 2.14. The van der Waals surface area contributed by atoms with E-state index in [0.717, 1.165) is 29.9 Å². The molecule has 3 heteroatoms. The zero-order valence-corrected chi connectivity index (χ0v) is 17.3. The van der Waals surface area contributed by atoms with E-state index in [1.165, 1.54) is 5.56 Å². The van der Waals surface area contributed by atoms with Crippen LogP contribution in [0.2, 0.25) is 0 Å². The van der Waals surface area contributed by atoms with Gasteiger partial charge in [-0.05, 0) is 62.7 Å². The Hall–Kier alpha value is -2.10. The number of benzene rings is 2. The molecule has 0 radical (unpaired) electrons. The van der Waals surface area contributed by atoms with Gasteiger partial charge in [-0.25, -0.2) is 0 Å². The number of aliphatic hydroxyl groups is 1. The van der Waals surface area contributed by atoms with Crippen molar-refractivity contribution in [3.05, 3.63) is 71.3 Å². The number of hydrogen-bond donors (Lipinski definition) is 1. The minimum Gasteiger partial charge on any atom is -0.497 e. The molecule has 0 fully saturated rings. The summed E-state index contributed by atoms with van der Waals surface area (Å²) in [5, 5.41) is 11.7.